The zero-order valence-corrected chi connectivity index (χ0v) is 10.9. The smallest absolute Gasteiger partial charge is 0.0534 e. The summed E-state index contributed by atoms with van der Waals surface area (Å²) < 4.78 is 1.99. The molecule has 1 aromatic rings. The van der Waals surface area contributed by atoms with Gasteiger partial charge in [-0.05, 0) is 31.7 Å². The van der Waals surface area contributed by atoms with Crippen molar-refractivity contribution >= 4 is 0 Å². The molecule has 0 amide bonds. The molecule has 0 spiro atoms. The molecule has 2 rings (SSSR count). The SMILES string of the molecule is C[C@H](NCCn1cccn1)C1CCCCCC1. The summed E-state index contributed by atoms with van der Waals surface area (Å²) in [6.07, 6.45) is 12.4. The second-order valence-electron chi connectivity index (χ2n) is 5.26. The van der Waals surface area contributed by atoms with E-state index in [2.05, 4.69) is 17.3 Å². The van der Waals surface area contributed by atoms with Crippen LogP contribution in [0.25, 0.3) is 0 Å². The summed E-state index contributed by atoms with van der Waals surface area (Å²) in [7, 11) is 0. The largest absolute Gasteiger partial charge is 0.312 e. The number of nitrogens with zero attached hydrogens (tertiary/aromatic N) is 2. The first-order valence-corrected chi connectivity index (χ1v) is 7.07. The van der Waals surface area contributed by atoms with Crippen LogP contribution in [-0.4, -0.2) is 22.4 Å². The van der Waals surface area contributed by atoms with Crippen LogP contribution in [0.2, 0.25) is 0 Å². The molecular formula is C14H25N3. The molecule has 0 saturated heterocycles. The third-order valence-electron chi connectivity index (χ3n) is 3.97. The molecule has 0 unspecified atom stereocenters. The second kappa shape index (κ2) is 6.80. The van der Waals surface area contributed by atoms with Crippen molar-refractivity contribution < 1.29 is 0 Å². The lowest BCUT2D eigenvalue weighted by molar-refractivity contribution is 0.332. The van der Waals surface area contributed by atoms with Crippen molar-refractivity contribution in [1.82, 2.24) is 15.1 Å². The lowest BCUT2D eigenvalue weighted by Gasteiger charge is -2.23. The van der Waals surface area contributed by atoms with Gasteiger partial charge < -0.3 is 5.32 Å². The average Bonchev–Trinajstić information content (AvgIpc) is 2.69. The van der Waals surface area contributed by atoms with Gasteiger partial charge in [-0.15, -0.1) is 0 Å². The van der Waals surface area contributed by atoms with E-state index in [1.54, 1.807) is 0 Å². The van der Waals surface area contributed by atoms with E-state index in [9.17, 15) is 0 Å². The molecule has 1 aromatic heterocycles. The van der Waals surface area contributed by atoms with E-state index in [4.69, 9.17) is 0 Å². The summed E-state index contributed by atoms with van der Waals surface area (Å²) in [6, 6.07) is 2.64. The summed E-state index contributed by atoms with van der Waals surface area (Å²) in [6.45, 7) is 4.35. The standard InChI is InChI=1S/C14H25N3/c1-13(14-7-4-2-3-5-8-14)15-10-12-17-11-6-9-16-17/h6,9,11,13-15H,2-5,7-8,10,12H2,1H3/t13-/m0/s1. The van der Waals surface area contributed by atoms with Crippen molar-refractivity contribution in [2.75, 3.05) is 6.54 Å². The van der Waals surface area contributed by atoms with Crippen LogP contribution in [0.4, 0.5) is 0 Å². The first kappa shape index (κ1) is 12.6. The van der Waals surface area contributed by atoms with Gasteiger partial charge >= 0.3 is 0 Å². The average molecular weight is 235 g/mol. The molecule has 3 nitrogen and oxygen atoms in total. The number of hydrogen-bond acceptors (Lipinski definition) is 2. The predicted molar refractivity (Wildman–Crippen MR) is 70.9 cm³/mol. The highest BCUT2D eigenvalue weighted by Crippen LogP contribution is 2.25. The van der Waals surface area contributed by atoms with E-state index in [-0.39, 0.29) is 0 Å². The number of nitrogens with one attached hydrogen (secondary N) is 1. The van der Waals surface area contributed by atoms with Crippen molar-refractivity contribution in [3.63, 3.8) is 0 Å². The molecule has 1 fully saturated rings. The van der Waals surface area contributed by atoms with Gasteiger partial charge in [-0.1, -0.05) is 25.7 Å². The third-order valence-corrected chi connectivity index (χ3v) is 3.97. The van der Waals surface area contributed by atoms with Crippen LogP contribution >= 0.6 is 0 Å². The molecule has 1 N–H and O–H groups in total. The molecule has 0 aliphatic heterocycles. The third kappa shape index (κ3) is 4.15. The molecule has 0 bridgehead atoms. The lowest BCUT2D eigenvalue weighted by Crippen LogP contribution is -2.35. The van der Waals surface area contributed by atoms with E-state index in [0.717, 1.165) is 19.0 Å². The normalized spacial score (nSPS) is 20.1. The fourth-order valence-electron chi connectivity index (χ4n) is 2.82. The molecule has 1 saturated carbocycles. The summed E-state index contributed by atoms with van der Waals surface area (Å²) in [5.74, 6) is 0.884. The Bertz CT molecular complexity index is 286. The summed E-state index contributed by atoms with van der Waals surface area (Å²) in [5.41, 5.74) is 0. The van der Waals surface area contributed by atoms with E-state index in [1.165, 1.54) is 38.5 Å². The van der Waals surface area contributed by atoms with E-state index in [1.807, 2.05) is 23.1 Å². The van der Waals surface area contributed by atoms with Crippen molar-refractivity contribution in [2.45, 2.75) is 58.0 Å². The van der Waals surface area contributed by atoms with Gasteiger partial charge in [-0.2, -0.15) is 5.10 Å². The Morgan fingerprint density at radius 3 is 2.71 bits per heavy atom. The second-order valence-corrected chi connectivity index (χ2v) is 5.26. The minimum Gasteiger partial charge on any atom is -0.312 e. The molecule has 0 aromatic carbocycles. The van der Waals surface area contributed by atoms with E-state index >= 15 is 0 Å². The first-order valence-electron chi connectivity index (χ1n) is 7.07. The van der Waals surface area contributed by atoms with Gasteiger partial charge in [-0.3, -0.25) is 4.68 Å². The fourth-order valence-corrected chi connectivity index (χ4v) is 2.82. The van der Waals surface area contributed by atoms with Crippen LogP contribution in [0.3, 0.4) is 0 Å². The van der Waals surface area contributed by atoms with Crippen LogP contribution in [-0.2, 0) is 6.54 Å². The zero-order valence-electron chi connectivity index (χ0n) is 10.9. The highest BCUT2D eigenvalue weighted by molar-refractivity contribution is 4.79. The quantitative estimate of drug-likeness (QED) is 0.795. The maximum atomic E-state index is 4.22. The summed E-state index contributed by atoms with van der Waals surface area (Å²) >= 11 is 0. The van der Waals surface area contributed by atoms with Crippen molar-refractivity contribution in [3.8, 4) is 0 Å². The van der Waals surface area contributed by atoms with Gasteiger partial charge in [0.2, 0.25) is 0 Å². The fraction of sp³-hybridized carbons (Fsp3) is 0.786. The first-order chi connectivity index (χ1) is 8.36. The van der Waals surface area contributed by atoms with E-state index in [0.29, 0.717) is 6.04 Å². The monoisotopic (exact) mass is 235 g/mol. The Morgan fingerprint density at radius 1 is 1.29 bits per heavy atom. The lowest BCUT2D eigenvalue weighted by atomic mass is 9.93. The van der Waals surface area contributed by atoms with Crippen LogP contribution in [0.1, 0.15) is 45.4 Å². The minimum atomic E-state index is 0.656. The molecular weight excluding hydrogens is 210 g/mol. The number of hydrogen-bond donors (Lipinski definition) is 1. The Kier molecular flexibility index (Phi) is 5.05. The Balaban J connectivity index is 1.67. The Hall–Kier alpha value is -0.830. The number of rotatable bonds is 5. The highest BCUT2D eigenvalue weighted by atomic mass is 15.3. The predicted octanol–water partition coefficient (Wildman–Crippen LogP) is 2.83. The van der Waals surface area contributed by atoms with Gasteiger partial charge in [0.25, 0.3) is 0 Å². The summed E-state index contributed by atoms with van der Waals surface area (Å²) in [5, 5.41) is 7.87. The van der Waals surface area contributed by atoms with Crippen molar-refractivity contribution in [1.29, 1.82) is 0 Å². The molecule has 17 heavy (non-hydrogen) atoms. The van der Waals surface area contributed by atoms with Gasteiger partial charge in [0, 0.05) is 25.0 Å². The zero-order chi connectivity index (χ0) is 11.9. The molecule has 1 atom stereocenters. The molecule has 96 valence electrons. The minimum absolute atomic E-state index is 0.656. The van der Waals surface area contributed by atoms with E-state index < -0.39 is 0 Å². The topological polar surface area (TPSA) is 29.9 Å². The maximum Gasteiger partial charge on any atom is 0.0534 e. The molecule has 3 heteroatoms. The Morgan fingerprint density at radius 2 is 2.06 bits per heavy atom. The molecule has 1 aliphatic rings. The summed E-state index contributed by atoms with van der Waals surface area (Å²) in [4.78, 5) is 0. The highest BCUT2D eigenvalue weighted by Gasteiger charge is 2.18. The molecule has 1 heterocycles. The van der Waals surface area contributed by atoms with Crippen LogP contribution in [0.15, 0.2) is 18.5 Å². The van der Waals surface area contributed by atoms with Gasteiger partial charge in [0.15, 0.2) is 0 Å². The van der Waals surface area contributed by atoms with Crippen LogP contribution in [0, 0.1) is 5.92 Å². The molecule has 0 radical (unpaired) electrons. The van der Waals surface area contributed by atoms with Gasteiger partial charge in [0.05, 0.1) is 6.54 Å². The number of aromatic nitrogens is 2. The maximum absolute atomic E-state index is 4.22. The van der Waals surface area contributed by atoms with Crippen molar-refractivity contribution in [3.05, 3.63) is 18.5 Å². The van der Waals surface area contributed by atoms with Gasteiger partial charge in [0.1, 0.15) is 0 Å². The van der Waals surface area contributed by atoms with Crippen LogP contribution < -0.4 is 5.32 Å². The van der Waals surface area contributed by atoms with Crippen LogP contribution in [0.5, 0.6) is 0 Å². The molecule has 1 aliphatic carbocycles. The Labute approximate surface area is 105 Å². The van der Waals surface area contributed by atoms with Gasteiger partial charge in [-0.25, -0.2) is 0 Å². The van der Waals surface area contributed by atoms with Crippen molar-refractivity contribution in [2.24, 2.45) is 5.92 Å².